The number of carbonyl (C=O) groups is 1. The molecule has 20 heteroatoms. The van der Waals surface area contributed by atoms with Crippen LogP contribution in [0.15, 0.2) is 144 Å². The van der Waals surface area contributed by atoms with E-state index in [0.717, 1.165) is 28.8 Å². The van der Waals surface area contributed by atoms with Crippen LogP contribution in [0.4, 0.5) is 51.2 Å². The second kappa shape index (κ2) is 15.9. The molecule has 0 aliphatic carbocycles. The van der Waals surface area contributed by atoms with Gasteiger partial charge >= 0.3 is 5.97 Å². The molecule has 18 nitrogen and oxygen atoms in total. The van der Waals surface area contributed by atoms with Gasteiger partial charge in [-0.3, -0.25) is 13.9 Å². The van der Waals surface area contributed by atoms with Crippen molar-refractivity contribution in [2.75, 3.05) is 23.3 Å². The van der Waals surface area contributed by atoms with Crippen LogP contribution in [0.5, 0.6) is 5.75 Å². The highest BCUT2D eigenvalue weighted by molar-refractivity contribution is 7.86. The molecule has 6 aromatic carbocycles. The van der Waals surface area contributed by atoms with Crippen molar-refractivity contribution < 1.29 is 40.9 Å². The highest BCUT2D eigenvalue weighted by atomic mass is 32.2. The number of anilines is 3. The molecule has 0 radical (unpaired) electrons. The molecule has 0 amide bonds. The Kier molecular flexibility index (Phi) is 11.0. The highest BCUT2D eigenvalue weighted by Crippen LogP contribution is 2.48. The van der Waals surface area contributed by atoms with E-state index in [2.05, 4.69) is 36.0 Å². The van der Waals surface area contributed by atoms with E-state index in [1.54, 1.807) is 97.9 Å². The Morgan fingerprint density at radius 1 is 0.667 bits per heavy atom. The summed E-state index contributed by atoms with van der Waals surface area (Å²) in [5, 5.41) is 46.6. The van der Waals surface area contributed by atoms with Gasteiger partial charge in [-0.05, 0) is 89.7 Å². The molecule has 0 fully saturated rings. The predicted molar refractivity (Wildman–Crippen MR) is 212 cm³/mol. The molecular weight excluding hydrogens is 779 g/mol. The number of nitrogens with zero attached hydrogens (tertiary/aromatic N) is 6. The summed E-state index contributed by atoms with van der Waals surface area (Å²) in [7, 11) is -10.1. The lowest BCUT2D eigenvalue weighted by atomic mass is 10.0. The number of fused-ring (bicyclic) bond motifs is 1. The minimum absolute atomic E-state index is 0.241. The number of aromatic hydroxyl groups is 1. The minimum atomic E-state index is -5.06. The summed E-state index contributed by atoms with van der Waals surface area (Å²) in [4.78, 5) is 9.12. The zero-order valence-corrected chi connectivity index (χ0v) is 31.1. The smallest absolute Gasteiger partial charge is 0.322 e. The Bertz CT molecular complexity index is 2850. The van der Waals surface area contributed by atoms with Crippen molar-refractivity contribution in [3.8, 4) is 16.9 Å². The van der Waals surface area contributed by atoms with Gasteiger partial charge in [0.25, 0.3) is 20.2 Å². The molecule has 0 bridgehead atoms. The number of benzene rings is 6. The summed E-state index contributed by atoms with van der Waals surface area (Å²) < 4.78 is 69.5. The van der Waals surface area contributed by atoms with E-state index in [1.165, 1.54) is 0 Å². The van der Waals surface area contributed by atoms with E-state index < -0.39 is 58.8 Å². The minimum Gasteiger partial charge on any atom is -0.505 e. The number of nitrogen functional groups attached to an aromatic ring is 2. The Balaban J connectivity index is 1.27. The molecule has 0 aliphatic rings. The average molecular weight is 810 g/mol. The van der Waals surface area contributed by atoms with E-state index in [0.29, 0.717) is 22.7 Å². The third-order valence-corrected chi connectivity index (χ3v) is 10.0. The molecule has 6 aromatic rings. The fraction of sp³-hybridized carbons (Fsp3) is 0.0541. The van der Waals surface area contributed by atoms with E-state index in [9.17, 15) is 35.8 Å². The molecule has 0 saturated carbocycles. The first-order valence-corrected chi connectivity index (χ1v) is 19.3. The van der Waals surface area contributed by atoms with Gasteiger partial charge in [0.2, 0.25) is 0 Å². The highest BCUT2D eigenvalue weighted by Gasteiger charge is 2.28. The number of aliphatic carboxylic acids is 1. The Labute approximate surface area is 324 Å². The predicted octanol–water partition coefficient (Wildman–Crippen LogP) is 8.92. The first kappa shape index (κ1) is 39.6. The van der Waals surface area contributed by atoms with Crippen LogP contribution >= 0.6 is 0 Å². The number of phenols is 1. The average Bonchev–Trinajstić information content (AvgIpc) is 3.16. The molecule has 290 valence electrons. The van der Waals surface area contributed by atoms with Gasteiger partial charge in [-0.25, -0.2) is 0 Å². The lowest BCUT2D eigenvalue weighted by molar-refractivity contribution is -0.134. The Hall–Kier alpha value is -7.13. The van der Waals surface area contributed by atoms with E-state index >= 15 is 0 Å². The summed E-state index contributed by atoms with van der Waals surface area (Å²) in [6.07, 6.45) is 0. The van der Waals surface area contributed by atoms with Crippen LogP contribution in [0.1, 0.15) is 5.56 Å². The van der Waals surface area contributed by atoms with Crippen LogP contribution in [0.2, 0.25) is 0 Å². The van der Waals surface area contributed by atoms with Crippen LogP contribution in [0.25, 0.3) is 21.9 Å². The topological polar surface area (TPSA) is 304 Å². The molecule has 0 aliphatic heterocycles. The number of rotatable bonds is 12. The van der Waals surface area contributed by atoms with Gasteiger partial charge in [0.05, 0.1) is 33.8 Å². The number of azo groups is 3. The number of nitrogens with one attached hydrogen (secondary N) is 1. The lowest BCUT2D eigenvalue weighted by Gasteiger charge is -2.14. The number of phenolic OH excluding ortho intramolecular Hbond substituents is 1. The summed E-state index contributed by atoms with van der Waals surface area (Å²) in [6.45, 7) is 1.53. The van der Waals surface area contributed by atoms with Gasteiger partial charge < -0.3 is 27.0 Å². The van der Waals surface area contributed by atoms with Gasteiger partial charge in [0.1, 0.15) is 33.4 Å². The molecule has 9 N–H and O–H groups in total. The maximum atomic E-state index is 12.5. The third-order valence-electron chi connectivity index (χ3n) is 8.30. The molecule has 0 aromatic heterocycles. The first-order valence-electron chi connectivity index (χ1n) is 16.4. The zero-order valence-electron chi connectivity index (χ0n) is 29.5. The molecule has 57 heavy (non-hydrogen) atoms. The largest absolute Gasteiger partial charge is 0.505 e. The molecule has 0 saturated heterocycles. The standard InChI is InChI=1S/C37H31N9O9S2/c1-20-15-29(27(38)18-28(20)40-19-32(47)48)44-41-25-11-7-21(8-12-25)22-9-13-26(14-10-22)43-45-35-30(56(50,51)52)16-23-17-31(57(53,54)55)36(37(49)33(23)34(35)39)46-42-24-5-3-2-4-6-24/h2-18,40,49H,19,38-39H2,1H3,(H,47,48)(H,50,51,52)(H,53,54,55). The summed E-state index contributed by atoms with van der Waals surface area (Å²) >= 11 is 0. The number of carboxylic acid groups (broad SMARTS) is 1. The molecule has 0 unspecified atom stereocenters. The van der Waals surface area contributed by atoms with Crippen LogP contribution in [-0.2, 0) is 25.0 Å². The maximum absolute atomic E-state index is 12.5. The second-order valence-electron chi connectivity index (χ2n) is 12.3. The van der Waals surface area contributed by atoms with Gasteiger partial charge in [-0.2, -0.15) is 32.2 Å². The van der Waals surface area contributed by atoms with Crippen LogP contribution < -0.4 is 16.8 Å². The number of carboxylic acids is 1. The van der Waals surface area contributed by atoms with Crippen LogP contribution in [-0.4, -0.2) is 48.7 Å². The van der Waals surface area contributed by atoms with Gasteiger partial charge in [0.15, 0.2) is 5.75 Å². The van der Waals surface area contributed by atoms with Crippen LogP contribution in [0, 0.1) is 6.92 Å². The van der Waals surface area contributed by atoms with Crippen molar-refractivity contribution in [2.45, 2.75) is 16.7 Å². The third kappa shape index (κ3) is 9.06. The molecule has 0 heterocycles. The number of hydrogen-bond acceptors (Lipinski definition) is 15. The van der Waals surface area contributed by atoms with E-state index in [4.69, 9.17) is 16.6 Å². The summed E-state index contributed by atoms with van der Waals surface area (Å²) in [5.74, 6) is -1.87. The quantitative estimate of drug-likeness (QED) is 0.0346. The van der Waals surface area contributed by atoms with E-state index in [-0.39, 0.29) is 28.7 Å². The van der Waals surface area contributed by atoms with E-state index in [1.807, 2.05) is 0 Å². The number of hydrogen-bond donors (Lipinski definition) is 7. The Morgan fingerprint density at radius 3 is 1.68 bits per heavy atom. The van der Waals surface area contributed by atoms with Gasteiger partial charge in [-0.1, -0.05) is 42.5 Å². The van der Waals surface area contributed by atoms with Crippen molar-refractivity contribution in [3.63, 3.8) is 0 Å². The van der Waals surface area contributed by atoms with Crippen molar-refractivity contribution >= 4 is 88.2 Å². The molecular formula is C37H31N9O9S2. The Morgan fingerprint density at radius 2 is 1.16 bits per heavy atom. The fourth-order valence-corrected chi connectivity index (χ4v) is 6.85. The summed E-state index contributed by atoms with van der Waals surface area (Å²) in [6, 6.07) is 26.7. The molecule has 6 rings (SSSR count). The number of aryl methyl sites for hydroxylation is 1. The first-order chi connectivity index (χ1) is 27.0. The second-order valence-corrected chi connectivity index (χ2v) is 15.0. The maximum Gasteiger partial charge on any atom is 0.322 e. The van der Waals surface area contributed by atoms with Gasteiger partial charge in [0, 0.05) is 5.69 Å². The van der Waals surface area contributed by atoms with Gasteiger partial charge in [-0.15, -0.1) is 15.3 Å². The normalized spacial score (nSPS) is 12.3. The van der Waals surface area contributed by atoms with Crippen molar-refractivity contribution in [3.05, 3.63) is 109 Å². The summed E-state index contributed by atoms with van der Waals surface area (Å²) in [5.41, 5.74) is 15.3. The lowest BCUT2D eigenvalue weighted by Crippen LogP contribution is -2.13. The molecule has 0 atom stereocenters. The number of nitrogens with two attached hydrogens (primary N) is 2. The van der Waals surface area contributed by atoms with Crippen molar-refractivity contribution in [2.24, 2.45) is 30.7 Å². The van der Waals surface area contributed by atoms with Crippen molar-refractivity contribution in [1.29, 1.82) is 0 Å². The zero-order chi connectivity index (χ0) is 41.1. The SMILES string of the molecule is Cc1cc(N=Nc2ccc(-c3ccc(N=Nc4c(S(=O)(=O)O)cc5cc(S(=O)(=O)O)c(N=Nc6ccccc6)c(O)c5c4N)cc3)cc2)c(N)cc1NCC(=O)O. The monoisotopic (exact) mass is 809 g/mol. The molecule has 0 spiro atoms. The van der Waals surface area contributed by atoms with Crippen LogP contribution in [0.3, 0.4) is 0 Å². The fourth-order valence-electron chi connectivity index (χ4n) is 5.52. The van der Waals surface area contributed by atoms with Crippen molar-refractivity contribution in [1.82, 2.24) is 0 Å².